The fraction of sp³-hybridized carbons (Fsp3) is 0.385. The van der Waals surface area contributed by atoms with E-state index >= 15 is 0 Å². The van der Waals surface area contributed by atoms with Crippen LogP contribution in [0.2, 0.25) is 10.0 Å². The van der Waals surface area contributed by atoms with Crippen molar-refractivity contribution < 1.29 is 4.42 Å². The summed E-state index contributed by atoms with van der Waals surface area (Å²) in [7, 11) is 0. The average molecular weight is 330 g/mol. The third-order valence-corrected chi connectivity index (χ3v) is 4.60. The quantitative estimate of drug-likeness (QED) is 0.856. The summed E-state index contributed by atoms with van der Waals surface area (Å²) >= 11 is 13.5. The Hall–Kier alpha value is -0.750. The molecule has 0 unspecified atom stereocenters. The average Bonchev–Trinajstić information content (AvgIpc) is 3.08. The molecule has 20 heavy (non-hydrogen) atoms. The standard InChI is InChI=1S/C13H13Cl2N3OS/c14-9-4-3-8(10(15)6-9)7-20-13-18-17-12(19-13)11-2-1-5-16-11/h3-4,6,11,16H,1-2,5,7H2/t11-/m1/s1. The number of hydrogen-bond donors (Lipinski definition) is 1. The second-order valence-corrected chi connectivity index (χ2v) is 6.35. The summed E-state index contributed by atoms with van der Waals surface area (Å²) in [5, 5.41) is 13.3. The lowest BCUT2D eigenvalue weighted by atomic mass is 10.2. The molecule has 1 aliphatic heterocycles. The minimum absolute atomic E-state index is 0.205. The van der Waals surface area contributed by atoms with Gasteiger partial charge in [0, 0.05) is 15.8 Å². The van der Waals surface area contributed by atoms with E-state index in [1.165, 1.54) is 11.8 Å². The zero-order chi connectivity index (χ0) is 13.9. The predicted molar refractivity (Wildman–Crippen MR) is 80.3 cm³/mol. The maximum atomic E-state index is 6.13. The first-order valence-corrected chi connectivity index (χ1v) is 8.10. The lowest BCUT2D eigenvalue weighted by Gasteiger charge is -2.03. The normalized spacial score (nSPS) is 18.6. The van der Waals surface area contributed by atoms with Gasteiger partial charge in [-0.25, -0.2) is 0 Å². The number of nitrogens with one attached hydrogen (secondary N) is 1. The molecule has 0 radical (unpaired) electrons. The third kappa shape index (κ3) is 3.28. The fourth-order valence-electron chi connectivity index (χ4n) is 2.09. The highest BCUT2D eigenvalue weighted by atomic mass is 35.5. The van der Waals surface area contributed by atoms with E-state index in [2.05, 4.69) is 15.5 Å². The monoisotopic (exact) mass is 329 g/mol. The van der Waals surface area contributed by atoms with Crippen molar-refractivity contribution in [2.24, 2.45) is 0 Å². The molecule has 0 spiro atoms. The van der Waals surface area contributed by atoms with Gasteiger partial charge in [-0.1, -0.05) is 41.0 Å². The SMILES string of the molecule is Clc1ccc(CSc2nnc([C@H]3CCCN3)o2)c(Cl)c1. The molecule has 1 saturated heterocycles. The highest BCUT2D eigenvalue weighted by Gasteiger charge is 2.22. The molecule has 1 aliphatic rings. The molecule has 1 atom stereocenters. The van der Waals surface area contributed by atoms with E-state index in [9.17, 15) is 0 Å². The highest BCUT2D eigenvalue weighted by molar-refractivity contribution is 7.98. The lowest BCUT2D eigenvalue weighted by Crippen LogP contribution is -2.12. The second kappa shape index (κ2) is 6.35. The van der Waals surface area contributed by atoms with Gasteiger partial charge in [-0.3, -0.25) is 0 Å². The Morgan fingerprint density at radius 3 is 3.00 bits per heavy atom. The number of hydrogen-bond acceptors (Lipinski definition) is 5. The van der Waals surface area contributed by atoms with Gasteiger partial charge in [-0.15, -0.1) is 10.2 Å². The summed E-state index contributed by atoms with van der Waals surface area (Å²) in [5.41, 5.74) is 1.000. The van der Waals surface area contributed by atoms with E-state index in [1.54, 1.807) is 6.07 Å². The molecule has 1 aromatic carbocycles. The molecule has 1 N–H and O–H groups in total. The Morgan fingerprint density at radius 2 is 2.25 bits per heavy atom. The van der Waals surface area contributed by atoms with Crippen LogP contribution in [0.5, 0.6) is 0 Å². The van der Waals surface area contributed by atoms with Crippen LogP contribution in [0.1, 0.15) is 30.3 Å². The molecule has 1 aromatic heterocycles. The van der Waals surface area contributed by atoms with Crippen LogP contribution in [0.25, 0.3) is 0 Å². The van der Waals surface area contributed by atoms with Crippen LogP contribution in [-0.4, -0.2) is 16.7 Å². The van der Waals surface area contributed by atoms with Gasteiger partial charge < -0.3 is 9.73 Å². The summed E-state index contributed by atoms with van der Waals surface area (Å²) in [6.07, 6.45) is 2.20. The summed E-state index contributed by atoms with van der Waals surface area (Å²) in [6, 6.07) is 5.68. The van der Waals surface area contributed by atoms with Crippen LogP contribution >= 0.6 is 35.0 Å². The van der Waals surface area contributed by atoms with Gasteiger partial charge in [-0.05, 0) is 37.1 Å². The molecule has 0 saturated carbocycles. The van der Waals surface area contributed by atoms with Crippen LogP contribution in [-0.2, 0) is 5.75 Å². The van der Waals surface area contributed by atoms with E-state index in [0.29, 0.717) is 26.9 Å². The smallest absolute Gasteiger partial charge is 0.276 e. The van der Waals surface area contributed by atoms with E-state index in [-0.39, 0.29) is 6.04 Å². The molecular weight excluding hydrogens is 317 g/mol. The number of thioether (sulfide) groups is 1. The van der Waals surface area contributed by atoms with Gasteiger partial charge in [-0.2, -0.15) is 0 Å². The lowest BCUT2D eigenvalue weighted by molar-refractivity contribution is 0.374. The van der Waals surface area contributed by atoms with E-state index in [0.717, 1.165) is 24.9 Å². The van der Waals surface area contributed by atoms with Crippen LogP contribution in [0.3, 0.4) is 0 Å². The molecule has 1 fully saturated rings. The Morgan fingerprint density at radius 1 is 1.35 bits per heavy atom. The van der Waals surface area contributed by atoms with Gasteiger partial charge in [0.1, 0.15) is 0 Å². The van der Waals surface area contributed by atoms with Crippen molar-refractivity contribution in [2.45, 2.75) is 29.9 Å². The predicted octanol–water partition coefficient (Wildman–Crippen LogP) is 4.09. The van der Waals surface area contributed by atoms with Crippen molar-refractivity contribution in [3.8, 4) is 0 Å². The van der Waals surface area contributed by atoms with Crippen molar-refractivity contribution >= 4 is 35.0 Å². The van der Waals surface area contributed by atoms with E-state index < -0.39 is 0 Å². The molecule has 0 amide bonds. The van der Waals surface area contributed by atoms with Crippen molar-refractivity contribution in [1.29, 1.82) is 0 Å². The number of nitrogens with zero attached hydrogens (tertiary/aromatic N) is 2. The Kier molecular flexibility index (Phi) is 4.51. The molecule has 0 bridgehead atoms. The van der Waals surface area contributed by atoms with Crippen LogP contribution in [0, 0.1) is 0 Å². The van der Waals surface area contributed by atoms with Crippen molar-refractivity contribution in [1.82, 2.24) is 15.5 Å². The van der Waals surface area contributed by atoms with Crippen molar-refractivity contribution in [3.05, 3.63) is 39.7 Å². The van der Waals surface area contributed by atoms with Crippen LogP contribution in [0.15, 0.2) is 27.8 Å². The maximum Gasteiger partial charge on any atom is 0.276 e. The zero-order valence-electron chi connectivity index (χ0n) is 10.6. The first kappa shape index (κ1) is 14.2. The highest BCUT2D eigenvalue weighted by Crippen LogP contribution is 2.29. The van der Waals surface area contributed by atoms with E-state index in [1.807, 2.05) is 12.1 Å². The molecule has 106 valence electrons. The number of halogens is 2. The van der Waals surface area contributed by atoms with Crippen LogP contribution < -0.4 is 5.32 Å². The molecule has 7 heteroatoms. The first-order valence-electron chi connectivity index (χ1n) is 6.36. The molecule has 2 heterocycles. The molecular formula is C13H13Cl2N3OS. The van der Waals surface area contributed by atoms with Crippen molar-refractivity contribution in [3.63, 3.8) is 0 Å². The summed E-state index contributed by atoms with van der Waals surface area (Å²) in [5.74, 6) is 1.35. The Balaban J connectivity index is 1.63. The van der Waals surface area contributed by atoms with Gasteiger partial charge >= 0.3 is 0 Å². The first-order chi connectivity index (χ1) is 9.72. The molecule has 0 aliphatic carbocycles. The van der Waals surface area contributed by atoms with Gasteiger partial charge in [0.2, 0.25) is 5.89 Å². The molecule has 4 nitrogen and oxygen atoms in total. The van der Waals surface area contributed by atoms with Gasteiger partial charge in [0.25, 0.3) is 5.22 Å². The third-order valence-electron chi connectivity index (χ3n) is 3.15. The topological polar surface area (TPSA) is 51.0 Å². The summed E-state index contributed by atoms with van der Waals surface area (Å²) in [6.45, 7) is 1.01. The largest absolute Gasteiger partial charge is 0.414 e. The summed E-state index contributed by atoms with van der Waals surface area (Å²) < 4.78 is 5.66. The van der Waals surface area contributed by atoms with Gasteiger partial charge in [0.05, 0.1) is 6.04 Å². The minimum atomic E-state index is 0.205. The fourth-order valence-corrected chi connectivity index (χ4v) is 3.42. The summed E-state index contributed by atoms with van der Waals surface area (Å²) in [4.78, 5) is 0. The minimum Gasteiger partial charge on any atom is -0.414 e. The number of benzene rings is 1. The Bertz CT molecular complexity index is 599. The van der Waals surface area contributed by atoms with Crippen molar-refractivity contribution in [2.75, 3.05) is 6.54 Å². The van der Waals surface area contributed by atoms with Crippen LogP contribution in [0.4, 0.5) is 0 Å². The molecule has 3 rings (SSSR count). The van der Waals surface area contributed by atoms with Gasteiger partial charge in [0.15, 0.2) is 0 Å². The maximum absolute atomic E-state index is 6.13. The zero-order valence-corrected chi connectivity index (χ0v) is 12.9. The number of aromatic nitrogens is 2. The number of rotatable bonds is 4. The van der Waals surface area contributed by atoms with E-state index in [4.69, 9.17) is 27.6 Å². The molecule has 2 aromatic rings. The second-order valence-electron chi connectivity index (χ2n) is 4.58. The Labute approximate surface area is 131 Å².